The quantitative estimate of drug-likeness (QED) is 0.625. The van der Waals surface area contributed by atoms with Crippen molar-refractivity contribution in [1.29, 1.82) is 0 Å². The summed E-state index contributed by atoms with van der Waals surface area (Å²) in [7, 11) is 3.44. The van der Waals surface area contributed by atoms with E-state index < -0.39 is 10.0 Å². The fourth-order valence-electron chi connectivity index (χ4n) is 2.94. The van der Waals surface area contributed by atoms with E-state index in [1.165, 1.54) is 4.90 Å². The Morgan fingerprint density at radius 3 is 2.07 bits per heavy atom. The molecule has 0 amide bonds. The van der Waals surface area contributed by atoms with Crippen LogP contribution in [-0.4, -0.2) is 36.7 Å². The van der Waals surface area contributed by atoms with Gasteiger partial charge in [0, 0.05) is 17.8 Å². The minimum Gasteiger partial charge on any atom is -0.493 e. The van der Waals surface area contributed by atoms with Crippen LogP contribution in [-0.2, 0) is 10.0 Å². The first-order chi connectivity index (χ1) is 13.8. The largest absolute Gasteiger partial charge is 0.493 e. The van der Waals surface area contributed by atoms with Crippen molar-refractivity contribution in [2.75, 3.05) is 33.0 Å². The summed E-state index contributed by atoms with van der Waals surface area (Å²) in [5.74, 6) is 1.20. The number of anilines is 1. The topological polar surface area (TPSA) is 69.1 Å². The molecule has 0 unspecified atom stereocenters. The van der Waals surface area contributed by atoms with Crippen LogP contribution >= 0.6 is 0 Å². The highest BCUT2D eigenvalue weighted by Gasteiger charge is 2.16. The van der Waals surface area contributed by atoms with E-state index in [9.17, 15) is 8.42 Å². The third-order valence-electron chi connectivity index (χ3n) is 4.58. The zero-order valence-electron chi connectivity index (χ0n) is 16.9. The molecule has 29 heavy (non-hydrogen) atoms. The van der Waals surface area contributed by atoms with E-state index >= 15 is 0 Å². The maximum absolute atomic E-state index is 12.9. The van der Waals surface area contributed by atoms with Gasteiger partial charge in [0.1, 0.15) is 5.69 Å². The highest BCUT2D eigenvalue weighted by Crippen LogP contribution is 2.33. The number of ether oxygens (including phenoxy) is 2. The second-order valence-electron chi connectivity index (χ2n) is 6.78. The standard InChI is InChI=1S/C22H24N2O4S/c1-24(2)19-11-9-18(10-12-19)23-29(25,26)20-7-5-6-16(14-20)17-8-13-21(27-3)22(15-17)28-4/h5-15,23H,1-4H3/p+1. The fraction of sp³-hybridized carbons (Fsp3) is 0.182. The molecule has 2 N–H and O–H groups in total. The lowest BCUT2D eigenvalue weighted by molar-refractivity contribution is -0.786. The number of hydrogen-bond acceptors (Lipinski definition) is 4. The smallest absolute Gasteiger partial charge is 0.261 e. The first kappa shape index (κ1) is 20.7. The molecule has 0 aromatic heterocycles. The van der Waals surface area contributed by atoms with E-state index in [-0.39, 0.29) is 4.90 Å². The number of benzene rings is 3. The SMILES string of the molecule is COc1ccc(-c2cccc(S(=O)(=O)Nc3ccc([NH+](C)C)cc3)c2)cc1OC. The minimum absolute atomic E-state index is 0.187. The number of methoxy groups -OCH3 is 2. The number of rotatable bonds is 7. The summed E-state index contributed by atoms with van der Waals surface area (Å²) < 4.78 is 39.0. The van der Waals surface area contributed by atoms with Crippen molar-refractivity contribution < 1.29 is 22.8 Å². The first-order valence-electron chi connectivity index (χ1n) is 9.10. The van der Waals surface area contributed by atoms with Crippen LogP contribution in [0.1, 0.15) is 0 Å². The van der Waals surface area contributed by atoms with E-state index in [1.807, 2.05) is 44.4 Å². The predicted molar refractivity (Wildman–Crippen MR) is 115 cm³/mol. The molecule has 3 aromatic rings. The van der Waals surface area contributed by atoms with E-state index in [1.54, 1.807) is 50.6 Å². The van der Waals surface area contributed by atoms with Crippen molar-refractivity contribution in [1.82, 2.24) is 0 Å². The Morgan fingerprint density at radius 2 is 1.45 bits per heavy atom. The Morgan fingerprint density at radius 1 is 0.793 bits per heavy atom. The number of quaternary nitrogens is 1. The minimum atomic E-state index is -3.72. The maximum atomic E-state index is 12.9. The molecule has 0 bridgehead atoms. The van der Waals surface area contributed by atoms with Gasteiger partial charge in [-0.05, 0) is 47.5 Å². The molecular formula is C22H25N2O4S+. The van der Waals surface area contributed by atoms with Crippen molar-refractivity contribution in [2.45, 2.75) is 4.90 Å². The van der Waals surface area contributed by atoms with Gasteiger partial charge in [-0.3, -0.25) is 4.72 Å². The molecule has 6 nitrogen and oxygen atoms in total. The van der Waals surface area contributed by atoms with Crippen LogP contribution in [0.25, 0.3) is 11.1 Å². The molecule has 0 saturated heterocycles. The molecule has 0 aliphatic rings. The van der Waals surface area contributed by atoms with Crippen molar-refractivity contribution in [3.05, 3.63) is 66.7 Å². The molecule has 0 saturated carbocycles. The Balaban J connectivity index is 1.90. The van der Waals surface area contributed by atoms with Gasteiger partial charge < -0.3 is 14.4 Å². The summed E-state index contributed by atoms with van der Waals surface area (Å²) in [6, 6.07) is 19.6. The van der Waals surface area contributed by atoms with Gasteiger partial charge in [0.25, 0.3) is 10.0 Å². The molecule has 0 aliphatic carbocycles. The Labute approximate surface area is 171 Å². The second kappa shape index (κ2) is 8.55. The molecule has 0 spiro atoms. The van der Waals surface area contributed by atoms with Crippen LogP contribution < -0.4 is 19.1 Å². The lowest BCUT2D eigenvalue weighted by atomic mass is 10.1. The first-order valence-corrected chi connectivity index (χ1v) is 10.6. The Kier molecular flexibility index (Phi) is 6.10. The lowest BCUT2D eigenvalue weighted by Crippen LogP contribution is -3.00. The van der Waals surface area contributed by atoms with Gasteiger partial charge >= 0.3 is 0 Å². The summed E-state index contributed by atoms with van der Waals surface area (Å²) in [6.45, 7) is 0. The van der Waals surface area contributed by atoms with Crippen LogP contribution in [0.5, 0.6) is 11.5 Å². The van der Waals surface area contributed by atoms with Crippen molar-refractivity contribution in [2.24, 2.45) is 0 Å². The van der Waals surface area contributed by atoms with Gasteiger partial charge in [-0.15, -0.1) is 0 Å². The number of hydrogen-bond donors (Lipinski definition) is 2. The van der Waals surface area contributed by atoms with Gasteiger partial charge in [-0.2, -0.15) is 0 Å². The molecule has 0 atom stereocenters. The van der Waals surface area contributed by atoms with Gasteiger partial charge in [-0.1, -0.05) is 18.2 Å². The molecule has 3 aromatic carbocycles. The van der Waals surface area contributed by atoms with E-state index in [4.69, 9.17) is 9.47 Å². The van der Waals surface area contributed by atoms with Crippen molar-refractivity contribution >= 4 is 21.4 Å². The van der Waals surface area contributed by atoms with Gasteiger partial charge in [0.15, 0.2) is 11.5 Å². The molecule has 0 radical (unpaired) electrons. The summed E-state index contributed by atoms with van der Waals surface area (Å²) in [6.07, 6.45) is 0. The molecular weight excluding hydrogens is 388 g/mol. The van der Waals surface area contributed by atoms with Gasteiger partial charge in [0.2, 0.25) is 0 Å². The van der Waals surface area contributed by atoms with Crippen LogP contribution in [0.4, 0.5) is 11.4 Å². The zero-order valence-corrected chi connectivity index (χ0v) is 17.7. The van der Waals surface area contributed by atoms with Crippen molar-refractivity contribution in [3.8, 4) is 22.6 Å². The van der Waals surface area contributed by atoms with Crippen LogP contribution in [0.15, 0.2) is 71.6 Å². The highest BCUT2D eigenvalue weighted by atomic mass is 32.2. The molecule has 152 valence electrons. The Hall–Kier alpha value is -3.03. The average Bonchev–Trinajstić information content (AvgIpc) is 2.73. The van der Waals surface area contributed by atoms with Gasteiger partial charge in [0.05, 0.1) is 33.2 Å². The average molecular weight is 414 g/mol. The van der Waals surface area contributed by atoms with E-state index in [2.05, 4.69) is 4.72 Å². The normalized spacial score (nSPS) is 11.3. The summed E-state index contributed by atoms with van der Waals surface area (Å²) in [5.41, 5.74) is 3.19. The molecule has 0 heterocycles. The number of sulfonamides is 1. The summed E-state index contributed by atoms with van der Waals surface area (Å²) in [4.78, 5) is 1.36. The van der Waals surface area contributed by atoms with Crippen molar-refractivity contribution in [3.63, 3.8) is 0 Å². The van der Waals surface area contributed by atoms with Gasteiger partial charge in [-0.25, -0.2) is 8.42 Å². The van der Waals surface area contributed by atoms with Crippen LogP contribution in [0.2, 0.25) is 0 Å². The third-order valence-corrected chi connectivity index (χ3v) is 5.95. The third kappa shape index (κ3) is 4.70. The van der Waals surface area contributed by atoms with E-state index in [0.717, 1.165) is 16.8 Å². The lowest BCUT2D eigenvalue weighted by Gasteiger charge is -2.12. The molecule has 3 rings (SSSR count). The molecule has 7 heteroatoms. The maximum Gasteiger partial charge on any atom is 0.261 e. The molecule has 0 fully saturated rings. The monoisotopic (exact) mass is 413 g/mol. The zero-order chi connectivity index (χ0) is 21.0. The Bertz CT molecular complexity index is 1090. The fourth-order valence-corrected chi connectivity index (χ4v) is 4.05. The summed E-state index contributed by atoms with van der Waals surface area (Å²) >= 11 is 0. The van der Waals surface area contributed by atoms with E-state index in [0.29, 0.717) is 17.2 Å². The number of nitrogens with one attached hydrogen (secondary N) is 2. The predicted octanol–water partition coefficient (Wildman–Crippen LogP) is 2.95. The summed E-state index contributed by atoms with van der Waals surface area (Å²) in [5, 5.41) is 0. The van der Waals surface area contributed by atoms with Crippen LogP contribution in [0, 0.1) is 0 Å². The highest BCUT2D eigenvalue weighted by molar-refractivity contribution is 7.92. The second-order valence-corrected chi connectivity index (χ2v) is 8.46. The molecule has 0 aliphatic heterocycles. The van der Waals surface area contributed by atoms with Crippen LogP contribution in [0.3, 0.4) is 0 Å².